The summed E-state index contributed by atoms with van der Waals surface area (Å²) in [6.45, 7) is 2.70. The molecule has 1 aliphatic carbocycles. The van der Waals surface area contributed by atoms with E-state index in [0.29, 0.717) is 24.8 Å². The van der Waals surface area contributed by atoms with E-state index in [0.717, 1.165) is 30.6 Å². The molecule has 2 aliphatic heterocycles. The summed E-state index contributed by atoms with van der Waals surface area (Å²) in [7, 11) is 1.65. The molecule has 2 saturated heterocycles. The molecule has 0 unspecified atom stereocenters. The normalized spacial score (nSPS) is 28.2. The van der Waals surface area contributed by atoms with E-state index in [4.69, 9.17) is 4.74 Å². The SMILES string of the molecule is COc1ccc(CN(C(=O)[C@H]2CS[C@@]3(C)CCC(=O)N23)C2CC2)cc1. The largest absolute Gasteiger partial charge is 0.497 e. The van der Waals surface area contributed by atoms with E-state index in [1.807, 2.05) is 34.1 Å². The summed E-state index contributed by atoms with van der Waals surface area (Å²) in [5, 5.41) is 0. The van der Waals surface area contributed by atoms with Gasteiger partial charge in [0.25, 0.3) is 0 Å². The van der Waals surface area contributed by atoms with Crippen LogP contribution in [0.5, 0.6) is 5.75 Å². The van der Waals surface area contributed by atoms with Gasteiger partial charge in [-0.3, -0.25) is 9.59 Å². The van der Waals surface area contributed by atoms with Crippen LogP contribution in [0.15, 0.2) is 24.3 Å². The molecule has 2 amide bonds. The van der Waals surface area contributed by atoms with Crippen LogP contribution in [0, 0.1) is 0 Å². The topological polar surface area (TPSA) is 49.9 Å². The first kappa shape index (κ1) is 16.8. The molecule has 3 fully saturated rings. The number of carbonyl (C=O) groups is 2. The number of nitrogens with zero attached hydrogens (tertiary/aromatic N) is 2. The first-order valence-corrected chi connectivity index (χ1v) is 9.90. The lowest BCUT2D eigenvalue weighted by molar-refractivity contribution is -0.144. The van der Waals surface area contributed by atoms with Crippen molar-refractivity contribution in [1.82, 2.24) is 9.80 Å². The van der Waals surface area contributed by atoms with Crippen molar-refractivity contribution in [2.24, 2.45) is 0 Å². The minimum absolute atomic E-state index is 0.116. The Labute approximate surface area is 152 Å². The van der Waals surface area contributed by atoms with Crippen LogP contribution < -0.4 is 4.74 Å². The van der Waals surface area contributed by atoms with Crippen LogP contribution in [0.1, 0.15) is 38.2 Å². The monoisotopic (exact) mass is 360 g/mol. The second kappa shape index (κ2) is 6.24. The molecule has 25 heavy (non-hydrogen) atoms. The molecule has 1 aromatic rings. The highest BCUT2D eigenvalue weighted by Crippen LogP contribution is 2.48. The lowest BCUT2D eigenvalue weighted by Gasteiger charge is -2.33. The molecular formula is C19H24N2O3S. The molecule has 1 aromatic carbocycles. The Morgan fingerprint density at radius 2 is 2.08 bits per heavy atom. The van der Waals surface area contributed by atoms with Gasteiger partial charge in [0.15, 0.2) is 0 Å². The van der Waals surface area contributed by atoms with Crippen LogP contribution in [0.2, 0.25) is 0 Å². The second-order valence-electron chi connectivity index (χ2n) is 7.31. The van der Waals surface area contributed by atoms with E-state index < -0.39 is 0 Å². The molecular weight excluding hydrogens is 336 g/mol. The summed E-state index contributed by atoms with van der Waals surface area (Å²) >= 11 is 1.76. The molecule has 0 aromatic heterocycles. The number of benzene rings is 1. The number of hydrogen-bond donors (Lipinski definition) is 0. The summed E-state index contributed by atoms with van der Waals surface area (Å²) in [4.78, 5) is 29.3. The fraction of sp³-hybridized carbons (Fsp3) is 0.579. The summed E-state index contributed by atoms with van der Waals surface area (Å²) in [5.74, 6) is 1.78. The Bertz CT molecular complexity index is 688. The summed E-state index contributed by atoms with van der Waals surface area (Å²) in [5.41, 5.74) is 1.10. The van der Waals surface area contributed by atoms with Gasteiger partial charge in [-0.15, -0.1) is 11.8 Å². The minimum Gasteiger partial charge on any atom is -0.497 e. The van der Waals surface area contributed by atoms with E-state index in [2.05, 4.69) is 6.92 Å². The van der Waals surface area contributed by atoms with E-state index in [1.54, 1.807) is 18.9 Å². The number of amides is 2. The zero-order valence-electron chi connectivity index (χ0n) is 14.7. The molecule has 4 rings (SSSR count). The Kier molecular flexibility index (Phi) is 4.18. The van der Waals surface area contributed by atoms with Crippen molar-refractivity contribution in [1.29, 1.82) is 0 Å². The van der Waals surface area contributed by atoms with Crippen molar-refractivity contribution in [2.75, 3.05) is 12.9 Å². The molecule has 0 radical (unpaired) electrons. The molecule has 2 heterocycles. The molecule has 0 N–H and O–H groups in total. The highest BCUT2D eigenvalue weighted by Gasteiger charge is 2.54. The van der Waals surface area contributed by atoms with Gasteiger partial charge >= 0.3 is 0 Å². The smallest absolute Gasteiger partial charge is 0.246 e. The van der Waals surface area contributed by atoms with Gasteiger partial charge in [0.05, 0.1) is 12.0 Å². The Morgan fingerprint density at radius 1 is 1.36 bits per heavy atom. The van der Waals surface area contributed by atoms with Crippen molar-refractivity contribution in [2.45, 2.75) is 56.1 Å². The van der Waals surface area contributed by atoms with Crippen molar-refractivity contribution in [3.05, 3.63) is 29.8 Å². The van der Waals surface area contributed by atoms with Gasteiger partial charge in [0.1, 0.15) is 11.8 Å². The van der Waals surface area contributed by atoms with Crippen LogP contribution >= 0.6 is 11.8 Å². The van der Waals surface area contributed by atoms with Crippen molar-refractivity contribution < 1.29 is 14.3 Å². The van der Waals surface area contributed by atoms with Crippen LogP contribution in [0.3, 0.4) is 0 Å². The van der Waals surface area contributed by atoms with E-state index in [-0.39, 0.29) is 22.7 Å². The molecule has 0 spiro atoms. The zero-order chi connectivity index (χ0) is 17.6. The average molecular weight is 360 g/mol. The van der Waals surface area contributed by atoms with Gasteiger partial charge in [-0.25, -0.2) is 0 Å². The lowest BCUT2D eigenvalue weighted by atomic mass is 10.1. The third-order valence-corrected chi connectivity index (χ3v) is 7.02. The maximum atomic E-state index is 13.3. The van der Waals surface area contributed by atoms with Gasteiger partial charge in [-0.2, -0.15) is 0 Å². The van der Waals surface area contributed by atoms with Crippen LogP contribution in [0.4, 0.5) is 0 Å². The first-order valence-electron chi connectivity index (χ1n) is 8.91. The molecule has 1 saturated carbocycles. The number of carbonyl (C=O) groups excluding carboxylic acids is 2. The lowest BCUT2D eigenvalue weighted by Crippen LogP contribution is -2.51. The molecule has 134 valence electrons. The Morgan fingerprint density at radius 3 is 2.72 bits per heavy atom. The highest BCUT2D eigenvalue weighted by molar-refractivity contribution is 8.01. The Balaban J connectivity index is 1.52. The quantitative estimate of drug-likeness (QED) is 0.810. The summed E-state index contributed by atoms with van der Waals surface area (Å²) < 4.78 is 5.21. The molecule has 3 aliphatic rings. The maximum absolute atomic E-state index is 13.3. The summed E-state index contributed by atoms with van der Waals surface area (Å²) in [6.07, 6.45) is 3.54. The fourth-order valence-corrected chi connectivity index (χ4v) is 5.32. The van der Waals surface area contributed by atoms with Gasteiger partial charge in [-0.1, -0.05) is 12.1 Å². The highest BCUT2D eigenvalue weighted by atomic mass is 32.2. The number of ether oxygens (including phenoxy) is 1. The predicted molar refractivity (Wildman–Crippen MR) is 97.3 cm³/mol. The minimum atomic E-state index is -0.302. The molecule has 5 nitrogen and oxygen atoms in total. The van der Waals surface area contributed by atoms with Gasteiger partial charge < -0.3 is 14.5 Å². The predicted octanol–water partition coefficient (Wildman–Crippen LogP) is 2.64. The maximum Gasteiger partial charge on any atom is 0.246 e. The van der Waals surface area contributed by atoms with E-state index in [9.17, 15) is 9.59 Å². The van der Waals surface area contributed by atoms with Gasteiger partial charge in [0, 0.05) is 24.8 Å². The van der Waals surface area contributed by atoms with Gasteiger partial charge in [0.2, 0.25) is 11.8 Å². The van der Waals surface area contributed by atoms with Crippen molar-refractivity contribution in [3.8, 4) is 5.75 Å². The van der Waals surface area contributed by atoms with Crippen LogP contribution in [-0.4, -0.2) is 51.4 Å². The van der Waals surface area contributed by atoms with Crippen molar-refractivity contribution >= 4 is 23.6 Å². The standard InChI is InChI=1S/C19H24N2O3S/c1-19-10-9-17(22)21(19)16(12-25-19)18(23)20(14-5-6-14)11-13-3-7-15(24-2)8-4-13/h3-4,7-8,14,16H,5-6,9-12H2,1-2H3/t16-,19+/m1/s1. The Hall–Kier alpha value is -1.69. The second-order valence-corrected chi connectivity index (χ2v) is 8.81. The zero-order valence-corrected chi connectivity index (χ0v) is 15.6. The van der Waals surface area contributed by atoms with E-state index in [1.165, 1.54) is 0 Å². The number of rotatable bonds is 5. The molecule has 0 bridgehead atoms. The average Bonchev–Trinajstić information content (AvgIpc) is 3.34. The number of fused-ring (bicyclic) bond motifs is 1. The van der Waals surface area contributed by atoms with Crippen molar-refractivity contribution in [3.63, 3.8) is 0 Å². The molecule has 2 atom stereocenters. The number of methoxy groups -OCH3 is 1. The van der Waals surface area contributed by atoms with Crippen LogP contribution in [0.25, 0.3) is 0 Å². The van der Waals surface area contributed by atoms with E-state index >= 15 is 0 Å². The third kappa shape index (κ3) is 3.01. The fourth-order valence-electron chi connectivity index (χ4n) is 3.90. The van der Waals surface area contributed by atoms with Gasteiger partial charge in [-0.05, 0) is 43.9 Å². The number of thioether (sulfide) groups is 1. The third-order valence-electron chi connectivity index (χ3n) is 5.51. The van der Waals surface area contributed by atoms with Crippen LogP contribution in [-0.2, 0) is 16.1 Å². The molecule has 6 heteroatoms. The number of hydrogen-bond acceptors (Lipinski definition) is 4. The first-order chi connectivity index (χ1) is 12.0. The summed E-state index contributed by atoms with van der Waals surface area (Å²) in [6, 6.07) is 7.90.